The first kappa shape index (κ1) is 15.7. The highest BCUT2D eigenvalue weighted by atomic mass is 79.9. The topological polar surface area (TPSA) is 60.4 Å². The molecule has 0 amide bonds. The molecule has 2 rings (SSSR count). The summed E-state index contributed by atoms with van der Waals surface area (Å²) in [7, 11) is -2.58. The van der Waals surface area contributed by atoms with Crippen molar-refractivity contribution >= 4 is 31.7 Å². The van der Waals surface area contributed by atoms with Gasteiger partial charge >= 0.3 is 5.97 Å². The average Bonchev–Trinajstić information content (AvgIpc) is 2.46. The van der Waals surface area contributed by atoms with Crippen molar-refractivity contribution in [3.05, 3.63) is 58.1 Å². The van der Waals surface area contributed by atoms with Crippen molar-refractivity contribution in [1.82, 2.24) is 0 Å². The minimum atomic E-state index is -3.79. The maximum Gasteiger partial charge on any atom is 0.339 e. The van der Waals surface area contributed by atoms with E-state index < -0.39 is 15.8 Å². The molecule has 0 spiro atoms. The molecule has 0 radical (unpaired) electrons. The highest BCUT2D eigenvalue weighted by molar-refractivity contribution is 9.10. The normalized spacial score (nSPS) is 11.2. The lowest BCUT2D eigenvalue weighted by Gasteiger charge is -2.11. The molecule has 110 valence electrons. The first-order valence-electron chi connectivity index (χ1n) is 6.06. The fourth-order valence-corrected chi connectivity index (χ4v) is 4.01. The van der Waals surface area contributed by atoms with Gasteiger partial charge in [-0.25, -0.2) is 13.2 Å². The molecule has 0 fully saturated rings. The third kappa shape index (κ3) is 3.01. The number of hydrogen-bond donors (Lipinski definition) is 0. The summed E-state index contributed by atoms with van der Waals surface area (Å²) < 4.78 is 30.8. The van der Waals surface area contributed by atoms with Crippen LogP contribution in [0.3, 0.4) is 0 Å². The Morgan fingerprint density at radius 2 is 1.76 bits per heavy atom. The van der Waals surface area contributed by atoms with Crippen LogP contribution in [0.2, 0.25) is 0 Å². The Balaban J connectivity index is 2.72. The zero-order valence-electron chi connectivity index (χ0n) is 11.5. The molecule has 0 bridgehead atoms. The van der Waals surface area contributed by atoms with E-state index >= 15 is 0 Å². The van der Waals surface area contributed by atoms with E-state index in [9.17, 15) is 13.2 Å². The molecule has 4 nitrogen and oxygen atoms in total. The van der Waals surface area contributed by atoms with Crippen molar-refractivity contribution in [2.24, 2.45) is 0 Å². The summed E-state index contributed by atoms with van der Waals surface area (Å²) in [6.07, 6.45) is 0. The van der Waals surface area contributed by atoms with E-state index in [0.717, 1.165) is 0 Å². The van der Waals surface area contributed by atoms with E-state index in [0.29, 0.717) is 10.0 Å². The number of sulfone groups is 1. The minimum absolute atomic E-state index is 0.00938. The number of carbonyl (C=O) groups is 1. The Labute approximate surface area is 131 Å². The van der Waals surface area contributed by atoms with Crippen LogP contribution < -0.4 is 0 Å². The average molecular weight is 369 g/mol. The van der Waals surface area contributed by atoms with Gasteiger partial charge in [-0.2, -0.15) is 0 Å². The molecule has 0 N–H and O–H groups in total. The number of ether oxygens (including phenoxy) is 1. The first-order valence-corrected chi connectivity index (χ1v) is 8.34. The van der Waals surface area contributed by atoms with Crippen LogP contribution in [0, 0.1) is 6.92 Å². The summed E-state index contributed by atoms with van der Waals surface area (Å²) in [6.45, 7) is 1.71. The molecular weight excluding hydrogens is 356 g/mol. The van der Waals surface area contributed by atoms with Crippen LogP contribution in [0.15, 0.2) is 56.7 Å². The predicted molar refractivity (Wildman–Crippen MR) is 82.1 cm³/mol. The fourth-order valence-electron chi connectivity index (χ4n) is 1.98. The smallest absolute Gasteiger partial charge is 0.339 e. The SMILES string of the molecule is COC(=O)c1cc(Br)ccc1S(=O)(=O)c1ccccc1C. The van der Waals surface area contributed by atoms with E-state index in [1.165, 1.54) is 25.3 Å². The van der Waals surface area contributed by atoms with Crippen molar-refractivity contribution in [3.8, 4) is 0 Å². The molecule has 21 heavy (non-hydrogen) atoms. The van der Waals surface area contributed by atoms with Gasteiger partial charge in [0.2, 0.25) is 9.84 Å². The highest BCUT2D eigenvalue weighted by Crippen LogP contribution is 2.28. The molecule has 0 saturated heterocycles. The van der Waals surface area contributed by atoms with Crippen molar-refractivity contribution in [1.29, 1.82) is 0 Å². The number of methoxy groups -OCH3 is 1. The summed E-state index contributed by atoms with van der Waals surface area (Å²) >= 11 is 3.23. The van der Waals surface area contributed by atoms with Gasteiger partial charge in [-0.15, -0.1) is 0 Å². The van der Waals surface area contributed by atoms with Crippen LogP contribution in [0.25, 0.3) is 0 Å². The lowest BCUT2D eigenvalue weighted by molar-refractivity contribution is 0.0596. The monoisotopic (exact) mass is 368 g/mol. The molecular formula is C15H13BrO4S. The van der Waals surface area contributed by atoms with E-state index in [1.807, 2.05) is 0 Å². The maximum absolute atomic E-state index is 12.8. The Bertz CT molecular complexity index is 797. The van der Waals surface area contributed by atoms with Crippen LogP contribution in [-0.4, -0.2) is 21.5 Å². The number of rotatable bonds is 3. The molecule has 0 saturated carbocycles. The third-order valence-corrected chi connectivity index (χ3v) is 5.48. The van der Waals surface area contributed by atoms with Gasteiger partial charge in [0.15, 0.2) is 0 Å². The van der Waals surface area contributed by atoms with E-state index in [1.54, 1.807) is 31.2 Å². The minimum Gasteiger partial charge on any atom is -0.465 e. The highest BCUT2D eigenvalue weighted by Gasteiger charge is 2.26. The second kappa shape index (κ2) is 5.99. The van der Waals surface area contributed by atoms with Crippen molar-refractivity contribution in [2.75, 3.05) is 7.11 Å². The lowest BCUT2D eigenvalue weighted by Crippen LogP contribution is -2.12. The van der Waals surface area contributed by atoms with Gasteiger partial charge in [0.1, 0.15) is 0 Å². The molecule has 2 aromatic carbocycles. The number of esters is 1. The van der Waals surface area contributed by atoms with Gasteiger partial charge in [-0.1, -0.05) is 34.1 Å². The van der Waals surface area contributed by atoms with Crippen molar-refractivity contribution < 1.29 is 17.9 Å². The molecule has 0 aliphatic rings. The van der Waals surface area contributed by atoms with Gasteiger partial charge in [0.25, 0.3) is 0 Å². The Morgan fingerprint density at radius 1 is 1.10 bits per heavy atom. The molecule has 0 aliphatic heterocycles. The fraction of sp³-hybridized carbons (Fsp3) is 0.133. The van der Waals surface area contributed by atoms with Gasteiger partial charge in [0, 0.05) is 4.47 Å². The van der Waals surface area contributed by atoms with Gasteiger partial charge < -0.3 is 4.74 Å². The Kier molecular flexibility index (Phi) is 4.49. The predicted octanol–water partition coefficient (Wildman–Crippen LogP) is 3.38. The van der Waals surface area contributed by atoms with Crippen LogP contribution in [0.4, 0.5) is 0 Å². The number of benzene rings is 2. The van der Waals surface area contributed by atoms with Crippen LogP contribution >= 0.6 is 15.9 Å². The molecule has 2 aromatic rings. The number of halogens is 1. The van der Waals surface area contributed by atoms with Crippen LogP contribution in [-0.2, 0) is 14.6 Å². The second-order valence-electron chi connectivity index (χ2n) is 4.40. The molecule has 0 atom stereocenters. The van der Waals surface area contributed by atoms with Gasteiger partial charge in [0.05, 0.1) is 22.5 Å². The van der Waals surface area contributed by atoms with E-state index in [-0.39, 0.29) is 15.4 Å². The molecule has 0 aromatic heterocycles. The van der Waals surface area contributed by atoms with Crippen LogP contribution in [0.1, 0.15) is 15.9 Å². The summed E-state index contributed by atoms with van der Waals surface area (Å²) in [6, 6.07) is 11.1. The quantitative estimate of drug-likeness (QED) is 0.779. The summed E-state index contributed by atoms with van der Waals surface area (Å²) in [5.74, 6) is -0.691. The molecule has 0 unspecified atom stereocenters. The van der Waals surface area contributed by atoms with Gasteiger partial charge in [-0.3, -0.25) is 0 Å². The Morgan fingerprint density at radius 3 is 2.38 bits per heavy atom. The first-order chi connectivity index (χ1) is 9.87. The number of aryl methyl sites for hydroxylation is 1. The zero-order valence-corrected chi connectivity index (χ0v) is 13.9. The Hall–Kier alpha value is -1.66. The van der Waals surface area contributed by atoms with E-state index in [4.69, 9.17) is 0 Å². The van der Waals surface area contributed by atoms with Gasteiger partial charge in [-0.05, 0) is 36.8 Å². The van der Waals surface area contributed by atoms with Crippen LogP contribution in [0.5, 0.6) is 0 Å². The molecule has 0 aliphatic carbocycles. The maximum atomic E-state index is 12.8. The number of carbonyl (C=O) groups excluding carboxylic acids is 1. The summed E-state index contributed by atoms with van der Waals surface area (Å²) in [4.78, 5) is 12.0. The second-order valence-corrected chi connectivity index (χ2v) is 7.20. The third-order valence-electron chi connectivity index (χ3n) is 3.02. The summed E-state index contributed by atoms with van der Waals surface area (Å²) in [5, 5.41) is 0. The standard InChI is InChI=1S/C15H13BrO4S/c1-10-5-3-4-6-13(10)21(18,19)14-8-7-11(16)9-12(14)15(17)20-2/h3-9H,1-2H3. The summed E-state index contributed by atoms with van der Waals surface area (Å²) in [5.41, 5.74) is 0.631. The van der Waals surface area contributed by atoms with Crippen molar-refractivity contribution in [3.63, 3.8) is 0 Å². The van der Waals surface area contributed by atoms with Crippen molar-refractivity contribution in [2.45, 2.75) is 16.7 Å². The zero-order chi connectivity index (χ0) is 15.6. The van der Waals surface area contributed by atoms with E-state index in [2.05, 4.69) is 20.7 Å². The molecule has 0 heterocycles. The number of hydrogen-bond acceptors (Lipinski definition) is 4. The molecule has 6 heteroatoms. The largest absolute Gasteiger partial charge is 0.465 e. The lowest BCUT2D eigenvalue weighted by atomic mass is 10.2.